The van der Waals surface area contributed by atoms with E-state index in [0.29, 0.717) is 5.56 Å². The molecule has 0 aromatic heterocycles. The van der Waals surface area contributed by atoms with Crippen LogP contribution in [0.5, 0.6) is 0 Å². The van der Waals surface area contributed by atoms with Crippen molar-refractivity contribution >= 4 is 23.5 Å². The molecule has 1 N–H and O–H groups in total. The summed E-state index contributed by atoms with van der Waals surface area (Å²) in [6.07, 6.45) is 1.84. The van der Waals surface area contributed by atoms with Gasteiger partial charge in [0.1, 0.15) is 6.42 Å². The third-order valence-electron chi connectivity index (χ3n) is 1.87. The highest BCUT2D eigenvalue weighted by Gasteiger charge is 2.05. The molecule has 0 saturated carbocycles. The van der Waals surface area contributed by atoms with Gasteiger partial charge < -0.3 is 5.11 Å². The fourth-order valence-corrected chi connectivity index (χ4v) is 1.14. The van der Waals surface area contributed by atoms with Gasteiger partial charge in [0, 0.05) is 12.1 Å². The molecule has 0 bridgehead atoms. The van der Waals surface area contributed by atoms with E-state index in [2.05, 4.69) is 0 Å². The number of aliphatic carboxylic acids is 1. The van der Waals surface area contributed by atoms with Gasteiger partial charge in [-0.05, 0) is 11.6 Å². The van der Waals surface area contributed by atoms with Crippen LogP contribution in [0.1, 0.15) is 12.0 Å². The normalized spacial score (nSPS) is 10.4. The van der Waals surface area contributed by atoms with Crippen LogP contribution in [-0.4, -0.2) is 21.8 Å². The third-order valence-corrected chi connectivity index (χ3v) is 1.87. The summed E-state index contributed by atoms with van der Waals surface area (Å²) in [4.78, 5) is 31.2. The summed E-state index contributed by atoms with van der Waals surface area (Å²) in [5.41, 5.74) is 0.385. The van der Waals surface area contributed by atoms with Crippen molar-refractivity contribution in [2.24, 2.45) is 0 Å². The first-order valence-corrected chi connectivity index (χ1v) is 4.66. The number of allylic oxidation sites excluding steroid dienone is 1. The number of carboxylic acid groups (broad SMARTS) is 1. The molecule has 0 amide bonds. The maximum Gasteiger partial charge on any atom is 0.311 e. The standard InChI is InChI=1S/C11H9NO5/c13-10(7-11(14)15)5-4-8-2-1-3-9(6-8)12(16)17/h1-6H,7H2,(H,14,15)/b5-4-. The Morgan fingerprint density at radius 2 is 2.12 bits per heavy atom. The number of rotatable bonds is 5. The van der Waals surface area contributed by atoms with Crippen LogP contribution in [-0.2, 0) is 9.59 Å². The highest BCUT2D eigenvalue weighted by Crippen LogP contribution is 2.14. The molecular weight excluding hydrogens is 226 g/mol. The van der Waals surface area contributed by atoms with E-state index in [0.717, 1.165) is 6.08 Å². The van der Waals surface area contributed by atoms with Crippen molar-refractivity contribution in [3.8, 4) is 0 Å². The molecule has 0 unspecified atom stereocenters. The Kier molecular flexibility index (Phi) is 4.10. The fourth-order valence-electron chi connectivity index (χ4n) is 1.14. The molecule has 6 heteroatoms. The second-order valence-corrected chi connectivity index (χ2v) is 3.22. The fraction of sp³-hybridized carbons (Fsp3) is 0.0909. The number of carbonyl (C=O) groups is 2. The quantitative estimate of drug-likeness (QED) is 0.362. The van der Waals surface area contributed by atoms with Crippen LogP contribution in [0.15, 0.2) is 30.3 Å². The highest BCUT2D eigenvalue weighted by atomic mass is 16.6. The van der Waals surface area contributed by atoms with Crippen LogP contribution in [0.25, 0.3) is 6.08 Å². The molecule has 88 valence electrons. The monoisotopic (exact) mass is 235 g/mol. The zero-order chi connectivity index (χ0) is 12.8. The maximum absolute atomic E-state index is 11.0. The Bertz CT molecular complexity index is 492. The third kappa shape index (κ3) is 4.25. The second-order valence-electron chi connectivity index (χ2n) is 3.22. The van der Waals surface area contributed by atoms with Gasteiger partial charge in [0.2, 0.25) is 0 Å². The summed E-state index contributed by atoms with van der Waals surface area (Å²) in [5.74, 6) is -1.78. The number of benzene rings is 1. The van der Waals surface area contributed by atoms with Crippen LogP contribution >= 0.6 is 0 Å². The van der Waals surface area contributed by atoms with Gasteiger partial charge in [-0.3, -0.25) is 19.7 Å². The van der Waals surface area contributed by atoms with Gasteiger partial charge in [0.15, 0.2) is 5.78 Å². The molecule has 0 radical (unpaired) electrons. The number of ketones is 1. The van der Waals surface area contributed by atoms with Gasteiger partial charge >= 0.3 is 5.97 Å². The molecule has 0 heterocycles. The van der Waals surface area contributed by atoms with E-state index in [1.165, 1.54) is 24.3 Å². The molecule has 1 aromatic carbocycles. The molecule has 0 spiro atoms. The largest absolute Gasteiger partial charge is 0.481 e. The number of carboxylic acids is 1. The zero-order valence-electron chi connectivity index (χ0n) is 8.70. The summed E-state index contributed by atoms with van der Waals surface area (Å²) in [7, 11) is 0. The predicted molar refractivity (Wildman–Crippen MR) is 59.4 cm³/mol. The average molecular weight is 235 g/mol. The van der Waals surface area contributed by atoms with Crippen LogP contribution in [0.3, 0.4) is 0 Å². The number of nitro groups is 1. The Hall–Kier alpha value is -2.50. The number of nitrogens with zero attached hydrogens (tertiary/aromatic N) is 1. The van der Waals surface area contributed by atoms with Gasteiger partial charge in [0.25, 0.3) is 5.69 Å². The topological polar surface area (TPSA) is 97.5 Å². The summed E-state index contributed by atoms with van der Waals surface area (Å²) in [6, 6.07) is 5.69. The number of hydrogen-bond acceptors (Lipinski definition) is 4. The SMILES string of the molecule is O=C(O)CC(=O)/C=C\c1cccc([N+](=O)[O-])c1. The first-order valence-electron chi connectivity index (χ1n) is 4.66. The average Bonchev–Trinajstić information content (AvgIpc) is 2.26. The van der Waals surface area contributed by atoms with Crippen LogP contribution in [0, 0.1) is 10.1 Å². The van der Waals surface area contributed by atoms with E-state index < -0.39 is 23.1 Å². The van der Waals surface area contributed by atoms with Crippen molar-refractivity contribution in [2.75, 3.05) is 0 Å². The minimum atomic E-state index is -1.21. The Balaban J connectivity index is 2.78. The Morgan fingerprint density at radius 1 is 1.41 bits per heavy atom. The molecule has 0 aliphatic rings. The van der Waals surface area contributed by atoms with Crippen molar-refractivity contribution < 1.29 is 19.6 Å². The Morgan fingerprint density at radius 3 is 2.71 bits per heavy atom. The van der Waals surface area contributed by atoms with Crippen LogP contribution in [0.2, 0.25) is 0 Å². The minimum absolute atomic E-state index is 0.0853. The van der Waals surface area contributed by atoms with Gasteiger partial charge in [0.05, 0.1) is 4.92 Å². The summed E-state index contributed by atoms with van der Waals surface area (Å²) < 4.78 is 0. The maximum atomic E-state index is 11.0. The molecule has 1 rings (SSSR count). The van der Waals surface area contributed by atoms with Crippen molar-refractivity contribution in [3.05, 3.63) is 46.0 Å². The van der Waals surface area contributed by atoms with Gasteiger partial charge in [-0.15, -0.1) is 0 Å². The number of carbonyl (C=O) groups excluding carboxylic acids is 1. The lowest BCUT2D eigenvalue weighted by Crippen LogP contribution is -2.02. The van der Waals surface area contributed by atoms with E-state index in [4.69, 9.17) is 5.11 Å². The van der Waals surface area contributed by atoms with Crippen LogP contribution in [0.4, 0.5) is 5.69 Å². The molecule has 0 atom stereocenters. The van der Waals surface area contributed by atoms with Gasteiger partial charge in [-0.1, -0.05) is 18.2 Å². The van der Waals surface area contributed by atoms with Crippen molar-refractivity contribution in [1.29, 1.82) is 0 Å². The van der Waals surface area contributed by atoms with Gasteiger partial charge in [-0.25, -0.2) is 0 Å². The summed E-state index contributed by atoms with van der Waals surface area (Å²) >= 11 is 0. The van der Waals surface area contributed by atoms with Gasteiger partial charge in [-0.2, -0.15) is 0 Å². The van der Waals surface area contributed by atoms with E-state index in [9.17, 15) is 19.7 Å². The lowest BCUT2D eigenvalue weighted by Gasteiger charge is -1.94. The molecule has 0 aliphatic heterocycles. The molecule has 0 aliphatic carbocycles. The van der Waals surface area contributed by atoms with E-state index in [1.807, 2.05) is 0 Å². The summed E-state index contributed by atoms with van der Waals surface area (Å²) in [5, 5.41) is 18.8. The second kappa shape index (κ2) is 5.55. The van der Waals surface area contributed by atoms with E-state index in [-0.39, 0.29) is 5.69 Å². The number of hydrogen-bond donors (Lipinski definition) is 1. The minimum Gasteiger partial charge on any atom is -0.481 e. The Labute approximate surface area is 96.3 Å². The lowest BCUT2D eigenvalue weighted by molar-refractivity contribution is -0.384. The van der Waals surface area contributed by atoms with Crippen molar-refractivity contribution in [1.82, 2.24) is 0 Å². The smallest absolute Gasteiger partial charge is 0.311 e. The molecule has 1 aromatic rings. The number of non-ortho nitro benzene ring substituents is 1. The molecule has 6 nitrogen and oxygen atoms in total. The van der Waals surface area contributed by atoms with Crippen molar-refractivity contribution in [3.63, 3.8) is 0 Å². The molecule has 17 heavy (non-hydrogen) atoms. The predicted octanol–water partition coefficient (Wildman–Crippen LogP) is 1.65. The first-order chi connectivity index (χ1) is 7.99. The van der Waals surface area contributed by atoms with Crippen molar-refractivity contribution in [2.45, 2.75) is 6.42 Å². The van der Waals surface area contributed by atoms with E-state index >= 15 is 0 Å². The van der Waals surface area contributed by atoms with E-state index in [1.54, 1.807) is 6.07 Å². The first kappa shape index (κ1) is 12.6. The number of nitro benzene ring substituents is 1. The molecule has 0 fully saturated rings. The molecular formula is C11H9NO5. The van der Waals surface area contributed by atoms with Crippen LogP contribution < -0.4 is 0 Å². The lowest BCUT2D eigenvalue weighted by atomic mass is 10.1. The molecule has 0 saturated heterocycles. The highest BCUT2D eigenvalue weighted by molar-refractivity contribution is 6.03. The zero-order valence-corrected chi connectivity index (χ0v) is 8.70. The summed E-state index contributed by atoms with van der Waals surface area (Å²) in [6.45, 7) is 0.